The largest absolute Gasteiger partial charge is 0.299 e. The molecule has 1 aliphatic heterocycles. The zero-order valence-electron chi connectivity index (χ0n) is 14.1. The topological polar surface area (TPSA) is 6.48 Å². The minimum atomic E-state index is -0.521. The van der Waals surface area contributed by atoms with Gasteiger partial charge >= 0.3 is 0 Å². The Kier molecular flexibility index (Phi) is 5.59. The number of rotatable bonds is 6. The molecule has 0 saturated carbocycles. The van der Waals surface area contributed by atoms with Crippen LogP contribution >= 0.6 is 0 Å². The molecule has 0 aliphatic carbocycles. The fourth-order valence-corrected chi connectivity index (χ4v) is 3.41. The lowest BCUT2D eigenvalue weighted by Crippen LogP contribution is -2.22. The van der Waals surface area contributed by atoms with Crippen molar-refractivity contribution in [1.82, 2.24) is 9.80 Å². The first kappa shape index (κ1) is 17.1. The third-order valence-corrected chi connectivity index (χ3v) is 4.53. The molecule has 1 heterocycles. The highest BCUT2D eigenvalue weighted by molar-refractivity contribution is 5.27. The summed E-state index contributed by atoms with van der Waals surface area (Å²) < 4.78 is 26.7. The maximum Gasteiger partial charge on any atom is 0.126 e. The maximum atomic E-state index is 13.3. The number of hydrogen-bond acceptors (Lipinski definition) is 2. The van der Waals surface area contributed by atoms with Gasteiger partial charge in [0.15, 0.2) is 0 Å². The van der Waals surface area contributed by atoms with E-state index in [1.807, 2.05) is 7.05 Å². The molecule has 0 spiro atoms. The summed E-state index contributed by atoms with van der Waals surface area (Å²) in [4.78, 5) is 4.58. The molecule has 24 heavy (non-hydrogen) atoms. The lowest BCUT2D eigenvalue weighted by Gasteiger charge is -2.21. The standard InChI is InChI=1S/C20H24F2N2/c1-23(13-16-10-19(21)12-20(22)11-16)14-17-6-2-3-7-18(17)15-24-8-4-5-9-24/h2-3,6-7,10-12H,4-5,8-9,13-15H2,1H3. The number of likely N-dealkylation sites (tertiary alicyclic amines) is 1. The van der Waals surface area contributed by atoms with Gasteiger partial charge in [-0.05, 0) is 61.8 Å². The Morgan fingerprint density at radius 3 is 2.21 bits per heavy atom. The van der Waals surface area contributed by atoms with Crippen molar-refractivity contribution < 1.29 is 8.78 Å². The molecule has 2 aromatic rings. The summed E-state index contributed by atoms with van der Waals surface area (Å²) in [5.41, 5.74) is 3.28. The molecule has 4 heteroatoms. The highest BCUT2D eigenvalue weighted by atomic mass is 19.1. The van der Waals surface area contributed by atoms with Crippen LogP contribution in [-0.2, 0) is 19.6 Å². The van der Waals surface area contributed by atoms with Gasteiger partial charge in [-0.3, -0.25) is 9.80 Å². The zero-order valence-corrected chi connectivity index (χ0v) is 14.1. The van der Waals surface area contributed by atoms with E-state index in [4.69, 9.17) is 0 Å². The minimum Gasteiger partial charge on any atom is -0.299 e. The van der Waals surface area contributed by atoms with Crippen molar-refractivity contribution >= 4 is 0 Å². The number of halogens is 2. The molecule has 3 rings (SSSR count). The SMILES string of the molecule is CN(Cc1cc(F)cc(F)c1)Cc1ccccc1CN1CCCC1. The van der Waals surface area contributed by atoms with Gasteiger partial charge in [-0.15, -0.1) is 0 Å². The third kappa shape index (κ3) is 4.62. The Labute approximate surface area is 142 Å². The molecule has 0 unspecified atom stereocenters. The van der Waals surface area contributed by atoms with Gasteiger partial charge in [-0.2, -0.15) is 0 Å². The van der Waals surface area contributed by atoms with Crippen LogP contribution in [0.3, 0.4) is 0 Å². The Balaban J connectivity index is 1.66. The molecular formula is C20H24F2N2. The second-order valence-corrected chi connectivity index (χ2v) is 6.70. The van der Waals surface area contributed by atoms with Crippen LogP contribution in [0.5, 0.6) is 0 Å². The number of hydrogen-bond donors (Lipinski definition) is 0. The van der Waals surface area contributed by atoms with Gasteiger partial charge in [0, 0.05) is 25.7 Å². The van der Waals surface area contributed by atoms with E-state index in [-0.39, 0.29) is 0 Å². The summed E-state index contributed by atoms with van der Waals surface area (Å²) in [5.74, 6) is -1.04. The van der Waals surface area contributed by atoms with Crippen molar-refractivity contribution in [3.63, 3.8) is 0 Å². The lowest BCUT2D eigenvalue weighted by molar-refractivity contribution is 0.306. The second-order valence-electron chi connectivity index (χ2n) is 6.70. The first-order valence-corrected chi connectivity index (χ1v) is 8.53. The van der Waals surface area contributed by atoms with Crippen molar-refractivity contribution in [2.24, 2.45) is 0 Å². The van der Waals surface area contributed by atoms with E-state index in [1.54, 1.807) is 0 Å². The average molecular weight is 330 g/mol. The van der Waals surface area contributed by atoms with Crippen LogP contribution in [0.2, 0.25) is 0 Å². The normalized spacial score (nSPS) is 15.3. The van der Waals surface area contributed by atoms with Crippen molar-refractivity contribution in [2.45, 2.75) is 32.5 Å². The quantitative estimate of drug-likeness (QED) is 0.783. The summed E-state index contributed by atoms with van der Waals surface area (Å²) in [6, 6.07) is 12.2. The number of nitrogens with zero attached hydrogens (tertiary/aromatic N) is 2. The predicted molar refractivity (Wildman–Crippen MR) is 92.5 cm³/mol. The Morgan fingerprint density at radius 2 is 1.54 bits per heavy atom. The minimum absolute atomic E-state index is 0.521. The van der Waals surface area contributed by atoms with Gasteiger partial charge in [0.1, 0.15) is 11.6 Å². The molecule has 0 amide bonds. The molecular weight excluding hydrogens is 306 g/mol. The summed E-state index contributed by atoms with van der Waals surface area (Å²) in [5, 5.41) is 0. The highest BCUT2D eigenvalue weighted by Crippen LogP contribution is 2.18. The molecule has 2 aromatic carbocycles. The summed E-state index contributed by atoms with van der Waals surface area (Å²) in [6.07, 6.45) is 2.57. The molecule has 0 atom stereocenters. The van der Waals surface area contributed by atoms with E-state index < -0.39 is 11.6 Å². The van der Waals surface area contributed by atoms with E-state index in [1.165, 1.54) is 49.2 Å². The first-order valence-electron chi connectivity index (χ1n) is 8.53. The van der Waals surface area contributed by atoms with E-state index in [0.717, 1.165) is 19.2 Å². The molecule has 1 fully saturated rings. The van der Waals surface area contributed by atoms with Gasteiger partial charge in [0.25, 0.3) is 0 Å². The van der Waals surface area contributed by atoms with E-state index in [2.05, 4.69) is 34.1 Å². The maximum absolute atomic E-state index is 13.3. The van der Waals surface area contributed by atoms with Crippen LogP contribution in [0.4, 0.5) is 8.78 Å². The first-order chi connectivity index (χ1) is 11.6. The predicted octanol–water partition coefficient (Wildman–Crippen LogP) is 4.19. The molecule has 0 aromatic heterocycles. The molecule has 2 nitrogen and oxygen atoms in total. The van der Waals surface area contributed by atoms with Crippen molar-refractivity contribution in [2.75, 3.05) is 20.1 Å². The van der Waals surface area contributed by atoms with E-state index in [9.17, 15) is 8.78 Å². The summed E-state index contributed by atoms with van der Waals surface area (Å²) >= 11 is 0. The van der Waals surface area contributed by atoms with Crippen molar-refractivity contribution in [3.8, 4) is 0 Å². The smallest absolute Gasteiger partial charge is 0.126 e. The van der Waals surface area contributed by atoms with Gasteiger partial charge in [-0.1, -0.05) is 24.3 Å². The lowest BCUT2D eigenvalue weighted by atomic mass is 10.1. The van der Waals surface area contributed by atoms with Gasteiger partial charge in [0.2, 0.25) is 0 Å². The fourth-order valence-electron chi connectivity index (χ4n) is 3.41. The average Bonchev–Trinajstić information content (AvgIpc) is 3.01. The molecule has 0 radical (unpaired) electrons. The molecule has 0 bridgehead atoms. The van der Waals surface area contributed by atoms with Gasteiger partial charge in [-0.25, -0.2) is 8.78 Å². The second kappa shape index (κ2) is 7.86. The third-order valence-electron chi connectivity index (χ3n) is 4.53. The van der Waals surface area contributed by atoms with Crippen LogP contribution in [0.1, 0.15) is 29.5 Å². The molecule has 0 N–H and O–H groups in total. The summed E-state index contributed by atoms with van der Waals surface area (Å²) in [6.45, 7) is 4.62. The highest BCUT2D eigenvalue weighted by Gasteiger charge is 2.14. The van der Waals surface area contributed by atoms with Gasteiger partial charge in [0.05, 0.1) is 0 Å². The number of benzene rings is 2. The molecule has 1 saturated heterocycles. The van der Waals surface area contributed by atoms with Crippen LogP contribution < -0.4 is 0 Å². The van der Waals surface area contributed by atoms with Crippen LogP contribution in [0, 0.1) is 11.6 Å². The monoisotopic (exact) mass is 330 g/mol. The van der Waals surface area contributed by atoms with Crippen LogP contribution in [-0.4, -0.2) is 29.9 Å². The van der Waals surface area contributed by atoms with Gasteiger partial charge < -0.3 is 0 Å². The molecule has 1 aliphatic rings. The van der Waals surface area contributed by atoms with E-state index in [0.29, 0.717) is 12.1 Å². The van der Waals surface area contributed by atoms with Crippen LogP contribution in [0.15, 0.2) is 42.5 Å². The van der Waals surface area contributed by atoms with E-state index >= 15 is 0 Å². The Hall–Kier alpha value is -1.78. The Bertz CT molecular complexity index is 661. The molecule has 128 valence electrons. The Morgan fingerprint density at radius 1 is 0.917 bits per heavy atom. The fraction of sp³-hybridized carbons (Fsp3) is 0.400. The zero-order chi connectivity index (χ0) is 16.9. The van der Waals surface area contributed by atoms with Crippen LogP contribution in [0.25, 0.3) is 0 Å². The van der Waals surface area contributed by atoms with Crippen molar-refractivity contribution in [3.05, 3.63) is 70.8 Å². The summed E-state index contributed by atoms with van der Waals surface area (Å²) in [7, 11) is 1.98. The van der Waals surface area contributed by atoms with Crippen molar-refractivity contribution in [1.29, 1.82) is 0 Å².